The lowest BCUT2D eigenvalue weighted by molar-refractivity contribution is -0.129. The van der Waals surface area contributed by atoms with E-state index >= 15 is 0 Å². The van der Waals surface area contributed by atoms with E-state index in [1.807, 2.05) is 40.0 Å². The molecule has 3 heterocycles. The van der Waals surface area contributed by atoms with E-state index in [1.165, 1.54) is 5.56 Å². The van der Waals surface area contributed by atoms with Gasteiger partial charge in [-0.2, -0.15) is 5.10 Å². The molecule has 2 atom stereocenters. The van der Waals surface area contributed by atoms with Gasteiger partial charge in [0, 0.05) is 44.7 Å². The number of fused-ring (bicyclic) bond motifs is 1. The highest BCUT2D eigenvalue weighted by molar-refractivity contribution is 5.83. The molecule has 2 N–H and O–H groups in total. The van der Waals surface area contributed by atoms with Gasteiger partial charge in [0.25, 0.3) is 0 Å². The number of hydrogen-bond donors (Lipinski definition) is 2. The number of nitrogens with zero attached hydrogens (tertiary/aromatic N) is 3. The summed E-state index contributed by atoms with van der Waals surface area (Å²) < 4.78 is 1.99. The summed E-state index contributed by atoms with van der Waals surface area (Å²) in [6.45, 7) is 4.20. The molecule has 2 aliphatic heterocycles. The normalized spacial score (nSPS) is 23.2. The summed E-state index contributed by atoms with van der Waals surface area (Å²) in [5.41, 5.74) is 1.19. The van der Waals surface area contributed by atoms with Crippen LogP contribution in [0.15, 0.2) is 42.6 Å². The smallest absolute Gasteiger partial charge is 0.240 e. The van der Waals surface area contributed by atoms with Gasteiger partial charge in [-0.25, -0.2) is 4.68 Å². The van der Waals surface area contributed by atoms with Gasteiger partial charge in [0.2, 0.25) is 5.91 Å². The third kappa shape index (κ3) is 3.14. The van der Waals surface area contributed by atoms with Crippen LogP contribution in [0, 0.1) is 5.92 Å². The minimum atomic E-state index is -0.0484. The Morgan fingerprint density at radius 2 is 2.12 bits per heavy atom. The first kappa shape index (κ1) is 15.2. The lowest BCUT2D eigenvalue weighted by Gasteiger charge is -2.26. The van der Waals surface area contributed by atoms with Crippen LogP contribution in [-0.2, 0) is 17.9 Å². The molecule has 126 valence electrons. The maximum atomic E-state index is 12.6. The van der Waals surface area contributed by atoms with Crippen molar-refractivity contribution in [2.45, 2.75) is 25.6 Å². The van der Waals surface area contributed by atoms with Gasteiger partial charge in [-0.3, -0.25) is 4.79 Å². The minimum absolute atomic E-state index is 0.0484. The van der Waals surface area contributed by atoms with E-state index in [0.29, 0.717) is 12.5 Å². The standard InChI is InChI=1S/C18H23N5O/c24-18-16(7-9-22(18)12-14-4-2-1-3-5-14)19-10-15-11-20-17-6-8-21-23(17)13-15/h1-6,8,15-16,19-20H,7,9-13H2/t15-,16-/m1/s1. The van der Waals surface area contributed by atoms with Crippen LogP contribution in [0.2, 0.25) is 0 Å². The van der Waals surface area contributed by atoms with E-state index in [9.17, 15) is 4.79 Å². The lowest BCUT2D eigenvalue weighted by Crippen LogP contribution is -2.43. The van der Waals surface area contributed by atoms with Crippen LogP contribution in [0.25, 0.3) is 0 Å². The predicted molar refractivity (Wildman–Crippen MR) is 92.5 cm³/mol. The van der Waals surface area contributed by atoms with Crippen molar-refractivity contribution >= 4 is 11.7 Å². The van der Waals surface area contributed by atoms with Crippen LogP contribution in [-0.4, -0.2) is 46.3 Å². The molecule has 0 aliphatic carbocycles. The Morgan fingerprint density at radius 3 is 3.00 bits per heavy atom. The highest BCUT2D eigenvalue weighted by atomic mass is 16.2. The van der Waals surface area contributed by atoms with Crippen LogP contribution < -0.4 is 10.6 Å². The summed E-state index contributed by atoms with van der Waals surface area (Å²) in [6.07, 6.45) is 2.71. The lowest BCUT2D eigenvalue weighted by atomic mass is 10.1. The Bertz CT molecular complexity index is 698. The molecule has 1 fully saturated rings. The summed E-state index contributed by atoms with van der Waals surface area (Å²) in [5.74, 6) is 1.76. The molecule has 1 aromatic heterocycles. The molecule has 6 heteroatoms. The number of carbonyl (C=O) groups is 1. The van der Waals surface area contributed by atoms with Gasteiger partial charge in [-0.05, 0) is 12.0 Å². The van der Waals surface area contributed by atoms with E-state index in [1.54, 1.807) is 0 Å². The number of aromatic nitrogens is 2. The average molecular weight is 325 g/mol. The van der Waals surface area contributed by atoms with Gasteiger partial charge in [-0.15, -0.1) is 0 Å². The SMILES string of the molecule is O=C1[C@H](NC[C@@H]2CNc3ccnn3C2)CCN1Cc1ccccc1. The highest BCUT2D eigenvalue weighted by Crippen LogP contribution is 2.18. The van der Waals surface area contributed by atoms with Gasteiger partial charge in [0.05, 0.1) is 12.2 Å². The molecule has 2 aromatic rings. The molecular formula is C18H23N5O. The summed E-state index contributed by atoms with van der Waals surface area (Å²) in [6, 6.07) is 12.1. The Morgan fingerprint density at radius 1 is 1.25 bits per heavy atom. The quantitative estimate of drug-likeness (QED) is 0.870. The molecule has 0 spiro atoms. The Kier molecular flexibility index (Phi) is 4.21. The van der Waals surface area contributed by atoms with Crippen LogP contribution in [0.1, 0.15) is 12.0 Å². The number of nitrogens with one attached hydrogen (secondary N) is 2. The zero-order chi connectivity index (χ0) is 16.4. The molecule has 1 aromatic carbocycles. The second-order valence-corrected chi connectivity index (χ2v) is 6.64. The monoisotopic (exact) mass is 325 g/mol. The molecule has 0 saturated carbocycles. The first-order chi connectivity index (χ1) is 11.8. The number of amides is 1. The van der Waals surface area contributed by atoms with Gasteiger partial charge in [0.15, 0.2) is 0 Å². The number of rotatable bonds is 5. The number of anilines is 1. The molecule has 0 radical (unpaired) electrons. The molecule has 1 saturated heterocycles. The summed E-state index contributed by atoms with van der Waals surface area (Å²) >= 11 is 0. The fourth-order valence-electron chi connectivity index (χ4n) is 3.52. The first-order valence-corrected chi connectivity index (χ1v) is 8.61. The molecule has 4 rings (SSSR count). The van der Waals surface area contributed by atoms with Crippen molar-refractivity contribution < 1.29 is 4.79 Å². The number of carbonyl (C=O) groups excluding carboxylic acids is 1. The van der Waals surface area contributed by atoms with Gasteiger partial charge in [0.1, 0.15) is 5.82 Å². The van der Waals surface area contributed by atoms with Crippen LogP contribution in [0.5, 0.6) is 0 Å². The van der Waals surface area contributed by atoms with Crippen molar-refractivity contribution in [2.24, 2.45) is 5.92 Å². The molecule has 2 aliphatic rings. The Balaban J connectivity index is 1.28. The van der Waals surface area contributed by atoms with Crippen molar-refractivity contribution in [3.8, 4) is 0 Å². The van der Waals surface area contributed by atoms with Crippen LogP contribution in [0.4, 0.5) is 5.82 Å². The topological polar surface area (TPSA) is 62.2 Å². The largest absolute Gasteiger partial charge is 0.370 e. The van der Waals surface area contributed by atoms with Crippen molar-refractivity contribution in [1.82, 2.24) is 20.0 Å². The molecule has 6 nitrogen and oxygen atoms in total. The number of likely N-dealkylation sites (tertiary alicyclic amines) is 1. The van der Waals surface area contributed by atoms with Crippen molar-refractivity contribution in [3.05, 3.63) is 48.2 Å². The third-order valence-corrected chi connectivity index (χ3v) is 4.89. The van der Waals surface area contributed by atoms with E-state index in [-0.39, 0.29) is 11.9 Å². The Labute approximate surface area is 141 Å². The highest BCUT2D eigenvalue weighted by Gasteiger charge is 2.31. The summed E-state index contributed by atoms with van der Waals surface area (Å²) in [5, 5.41) is 11.2. The molecule has 1 amide bonds. The van der Waals surface area contributed by atoms with Crippen LogP contribution in [0.3, 0.4) is 0 Å². The Hall–Kier alpha value is -2.34. The maximum absolute atomic E-state index is 12.6. The molecule has 24 heavy (non-hydrogen) atoms. The van der Waals surface area contributed by atoms with Crippen molar-refractivity contribution in [1.29, 1.82) is 0 Å². The second kappa shape index (κ2) is 6.65. The van der Waals surface area contributed by atoms with Gasteiger partial charge in [-0.1, -0.05) is 30.3 Å². The van der Waals surface area contributed by atoms with Crippen molar-refractivity contribution in [3.63, 3.8) is 0 Å². The van der Waals surface area contributed by atoms with E-state index in [0.717, 1.165) is 38.4 Å². The number of benzene rings is 1. The minimum Gasteiger partial charge on any atom is -0.370 e. The summed E-state index contributed by atoms with van der Waals surface area (Å²) in [7, 11) is 0. The third-order valence-electron chi connectivity index (χ3n) is 4.89. The van der Waals surface area contributed by atoms with Gasteiger partial charge >= 0.3 is 0 Å². The second-order valence-electron chi connectivity index (χ2n) is 6.64. The molecular weight excluding hydrogens is 302 g/mol. The van der Waals surface area contributed by atoms with Gasteiger partial charge < -0.3 is 15.5 Å². The molecule has 0 unspecified atom stereocenters. The zero-order valence-corrected chi connectivity index (χ0v) is 13.7. The van der Waals surface area contributed by atoms with Crippen LogP contribution >= 0.6 is 0 Å². The fourth-order valence-corrected chi connectivity index (χ4v) is 3.52. The van der Waals surface area contributed by atoms with Crippen molar-refractivity contribution in [2.75, 3.05) is 25.0 Å². The maximum Gasteiger partial charge on any atom is 0.240 e. The van der Waals surface area contributed by atoms with E-state index in [2.05, 4.69) is 27.9 Å². The number of hydrogen-bond acceptors (Lipinski definition) is 4. The zero-order valence-electron chi connectivity index (χ0n) is 13.7. The van der Waals surface area contributed by atoms with E-state index in [4.69, 9.17) is 0 Å². The average Bonchev–Trinajstić information content (AvgIpc) is 3.21. The molecule has 0 bridgehead atoms. The van der Waals surface area contributed by atoms with E-state index < -0.39 is 0 Å². The summed E-state index contributed by atoms with van der Waals surface area (Å²) in [4.78, 5) is 14.5. The first-order valence-electron chi connectivity index (χ1n) is 8.61. The predicted octanol–water partition coefficient (Wildman–Crippen LogP) is 1.32. The fraction of sp³-hybridized carbons (Fsp3) is 0.444.